The molecule has 11 heteroatoms. The quantitative estimate of drug-likeness (QED) is 0.117. The molecule has 3 aromatic heterocycles. The monoisotopic (exact) mass is 581 g/mol. The van der Waals surface area contributed by atoms with Crippen LogP contribution in [0.3, 0.4) is 0 Å². The van der Waals surface area contributed by atoms with Crippen LogP contribution in [-0.4, -0.2) is 46.3 Å². The second kappa shape index (κ2) is 14.5. The number of aryl methyl sites for hydroxylation is 2. The molecule has 0 aliphatic heterocycles. The first-order valence-corrected chi connectivity index (χ1v) is 13.8. The van der Waals surface area contributed by atoms with Gasteiger partial charge < -0.3 is 9.47 Å². The summed E-state index contributed by atoms with van der Waals surface area (Å²) in [5.41, 5.74) is 5.10. The number of amides is 1. The van der Waals surface area contributed by atoms with Crippen LogP contribution in [0, 0.1) is 6.92 Å². The molecule has 0 bridgehead atoms. The minimum atomic E-state index is -0.382. The van der Waals surface area contributed by atoms with Crippen LogP contribution in [0.15, 0.2) is 59.5 Å². The maximum absolute atomic E-state index is 13.3. The number of carbonyl (C=O) groups excluding carboxylic acids is 2. The van der Waals surface area contributed by atoms with E-state index in [0.29, 0.717) is 46.0 Å². The van der Waals surface area contributed by atoms with Crippen molar-refractivity contribution in [3.8, 4) is 16.9 Å². The molecular weight excluding hydrogens is 550 g/mol. The fraction of sp³-hybridized carbons (Fsp3) is 0.310. The van der Waals surface area contributed by atoms with E-state index in [0.717, 1.165) is 22.7 Å². The lowest BCUT2D eigenvalue weighted by atomic mass is 10.0. The Balaban J connectivity index is 1.78. The smallest absolute Gasteiger partial charge is 0.337 e. The highest BCUT2D eigenvalue weighted by Crippen LogP contribution is 2.34. The van der Waals surface area contributed by atoms with E-state index in [4.69, 9.17) is 21.1 Å². The molecule has 0 aliphatic carbocycles. The van der Waals surface area contributed by atoms with Gasteiger partial charge in [-0.25, -0.2) is 9.78 Å². The molecule has 0 fully saturated rings. The van der Waals surface area contributed by atoms with Gasteiger partial charge in [0, 0.05) is 29.4 Å². The van der Waals surface area contributed by atoms with Crippen molar-refractivity contribution in [3.05, 3.63) is 80.9 Å². The molecule has 3 rings (SSSR count). The molecule has 0 aromatic carbocycles. The fourth-order valence-corrected chi connectivity index (χ4v) is 4.71. The van der Waals surface area contributed by atoms with E-state index in [1.807, 2.05) is 13.0 Å². The lowest BCUT2D eigenvalue weighted by molar-refractivity contribution is -0.135. The van der Waals surface area contributed by atoms with Gasteiger partial charge in [0.2, 0.25) is 5.13 Å². The number of carbonyl (C=O) groups is 2. The molecule has 40 heavy (non-hydrogen) atoms. The van der Waals surface area contributed by atoms with Crippen LogP contribution < -0.4 is 10.1 Å². The number of nitrogens with zero attached hydrogens (tertiary/aromatic N) is 4. The molecule has 1 N–H and O–H groups in total. The van der Waals surface area contributed by atoms with Crippen molar-refractivity contribution in [2.45, 2.75) is 47.0 Å². The molecule has 0 atom stereocenters. The zero-order valence-corrected chi connectivity index (χ0v) is 24.9. The van der Waals surface area contributed by atoms with Gasteiger partial charge in [-0.3, -0.25) is 15.1 Å². The number of esters is 1. The second-order valence-electron chi connectivity index (χ2n) is 8.76. The van der Waals surface area contributed by atoms with E-state index in [-0.39, 0.29) is 17.0 Å². The molecule has 9 nitrogen and oxygen atoms in total. The Hall–Kier alpha value is -3.89. The van der Waals surface area contributed by atoms with Crippen molar-refractivity contribution in [1.82, 2.24) is 20.2 Å². The van der Waals surface area contributed by atoms with Gasteiger partial charge >= 0.3 is 5.97 Å². The zero-order valence-electron chi connectivity index (χ0n) is 23.4. The van der Waals surface area contributed by atoms with Crippen LogP contribution in [0.25, 0.3) is 11.1 Å². The van der Waals surface area contributed by atoms with Crippen molar-refractivity contribution in [2.75, 3.05) is 19.5 Å². The summed E-state index contributed by atoms with van der Waals surface area (Å²) < 4.78 is 10.3. The molecule has 0 saturated carbocycles. The zero-order chi connectivity index (χ0) is 29.2. The van der Waals surface area contributed by atoms with Gasteiger partial charge in [-0.05, 0) is 57.4 Å². The standard InChI is InChI=1S/C29H32ClN5O4S/c1-7-17(3)20(10-9-19(8-2)28(37)39-6)11-12-26-34-35-29(40-26)33-27(36)23-15-31-18(4)13-21(23)22-14-25(30)32-16-24(22)38-5/h8-10,13-16H,7,11-12H2,1-6H3,(H,33,35,36)/b10-9-,19-8+,20-17+. The third-order valence-electron chi connectivity index (χ3n) is 6.20. The van der Waals surface area contributed by atoms with Gasteiger partial charge in [0.15, 0.2) is 0 Å². The third-order valence-corrected chi connectivity index (χ3v) is 7.30. The van der Waals surface area contributed by atoms with Crippen LogP contribution in [0.2, 0.25) is 5.15 Å². The predicted octanol–water partition coefficient (Wildman–Crippen LogP) is 6.55. The molecule has 3 aromatic rings. The van der Waals surface area contributed by atoms with Gasteiger partial charge in [0.25, 0.3) is 5.91 Å². The van der Waals surface area contributed by atoms with E-state index in [1.165, 1.54) is 43.5 Å². The lowest BCUT2D eigenvalue weighted by Gasteiger charge is -2.13. The van der Waals surface area contributed by atoms with E-state index in [2.05, 4.69) is 39.3 Å². The van der Waals surface area contributed by atoms with E-state index in [9.17, 15) is 9.59 Å². The maximum Gasteiger partial charge on any atom is 0.337 e. The Morgan fingerprint density at radius 1 is 1.10 bits per heavy atom. The summed E-state index contributed by atoms with van der Waals surface area (Å²) in [6, 6.07) is 3.45. The molecule has 1 amide bonds. The van der Waals surface area contributed by atoms with Crippen molar-refractivity contribution >= 4 is 39.9 Å². The number of ether oxygens (including phenoxy) is 2. The number of pyridine rings is 2. The number of nitrogens with one attached hydrogen (secondary N) is 1. The summed E-state index contributed by atoms with van der Waals surface area (Å²) in [5.74, 6) is -0.281. The number of halogens is 1. The Morgan fingerprint density at radius 3 is 2.55 bits per heavy atom. The Bertz CT molecular complexity index is 1480. The molecule has 0 spiro atoms. The van der Waals surface area contributed by atoms with E-state index < -0.39 is 0 Å². The number of hydrogen-bond donors (Lipinski definition) is 1. The van der Waals surface area contributed by atoms with Crippen molar-refractivity contribution < 1.29 is 19.1 Å². The number of hydrogen-bond acceptors (Lipinski definition) is 9. The lowest BCUT2D eigenvalue weighted by Crippen LogP contribution is -2.14. The van der Waals surface area contributed by atoms with E-state index >= 15 is 0 Å². The SMILES string of the molecule is C\C=C(/C=C\C(CCc1nnc(NC(=O)c2cnc(C)cc2-c2cc(Cl)ncc2OC)s1)=C(\C)CC)C(=O)OC. The van der Waals surface area contributed by atoms with Gasteiger partial charge in [-0.2, -0.15) is 0 Å². The highest BCUT2D eigenvalue weighted by molar-refractivity contribution is 7.15. The van der Waals surface area contributed by atoms with Crippen LogP contribution in [0.4, 0.5) is 5.13 Å². The molecular formula is C29H32ClN5O4S. The average molecular weight is 582 g/mol. The summed E-state index contributed by atoms with van der Waals surface area (Å²) in [4.78, 5) is 33.6. The van der Waals surface area contributed by atoms with Crippen LogP contribution in [0.1, 0.15) is 54.7 Å². The Labute approximate surface area is 243 Å². The average Bonchev–Trinajstić information content (AvgIpc) is 3.40. The van der Waals surface area contributed by atoms with Gasteiger partial charge in [0.05, 0.1) is 31.6 Å². The number of rotatable bonds is 11. The topological polar surface area (TPSA) is 116 Å². The molecule has 0 saturated heterocycles. The van der Waals surface area contributed by atoms with Gasteiger partial charge in [0.1, 0.15) is 15.9 Å². The predicted molar refractivity (Wildman–Crippen MR) is 158 cm³/mol. The normalized spacial score (nSPS) is 12.3. The molecule has 0 aliphatic rings. The summed E-state index contributed by atoms with van der Waals surface area (Å²) in [6.45, 7) is 7.78. The summed E-state index contributed by atoms with van der Waals surface area (Å²) >= 11 is 7.45. The van der Waals surface area contributed by atoms with Crippen molar-refractivity contribution in [1.29, 1.82) is 0 Å². The minimum absolute atomic E-state index is 0.277. The highest BCUT2D eigenvalue weighted by atomic mass is 35.5. The second-order valence-corrected chi connectivity index (χ2v) is 10.2. The first-order chi connectivity index (χ1) is 19.2. The molecule has 0 unspecified atom stereocenters. The molecule has 3 heterocycles. The van der Waals surface area contributed by atoms with Crippen molar-refractivity contribution in [3.63, 3.8) is 0 Å². The summed E-state index contributed by atoms with van der Waals surface area (Å²) in [6.07, 6.45) is 10.7. The largest absolute Gasteiger partial charge is 0.494 e. The number of methoxy groups -OCH3 is 2. The number of allylic oxidation sites excluding steroid dienone is 4. The minimum Gasteiger partial charge on any atom is -0.494 e. The van der Waals surface area contributed by atoms with Crippen LogP contribution in [-0.2, 0) is 16.0 Å². The molecule has 210 valence electrons. The third kappa shape index (κ3) is 7.83. The first kappa shape index (κ1) is 30.6. The van der Waals surface area contributed by atoms with Crippen molar-refractivity contribution in [2.24, 2.45) is 0 Å². The highest BCUT2D eigenvalue weighted by Gasteiger charge is 2.19. The van der Waals surface area contributed by atoms with Crippen LogP contribution >= 0.6 is 22.9 Å². The first-order valence-electron chi connectivity index (χ1n) is 12.6. The van der Waals surface area contributed by atoms with Crippen LogP contribution in [0.5, 0.6) is 5.75 Å². The summed E-state index contributed by atoms with van der Waals surface area (Å²) in [5, 5.41) is 12.7. The Morgan fingerprint density at radius 2 is 1.88 bits per heavy atom. The fourth-order valence-electron chi connectivity index (χ4n) is 3.82. The van der Waals surface area contributed by atoms with Gasteiger partial charge in [-0.15, -0.1) is 10.2 Å². The van der Waals surface area contributed by atoms with E-state index in [1.54, 1.807) is 31.2 Å². The number of anilines is 1. The van der Waals surface area contributed by atoms with Gasteiger partial charge in [-0.1, -0.05) is 47.6 Å². The maximum atomic E-state index is 13.3. The summed E-state index contributed by atoms with van der Waals surface area (Å²) in [7, 11) is 2.89. The molecule has 0 radical (unpaired) electrons. The Kier molecular flexibility index (Phi) is 11.1. The number of aromatic nitrogens is 4.